The lowest BCUT2D eigenvalue weighted by molar-refractivity contribution is -0.117. The monoisotopic (exact) mass is 326 g/mol. The van der Waals surface area contributed by atoms with E-state index in [0.717, 1.165) is 27.8 Å². The predicted molar refractivity (Wildman–Crippen MR) is 77.0 cm³/mol. The van der Waals surface area contributed by atoms with Gasteiger partial charge in [0.15, 0.2) is 0 Å². The van der Waals surface area contributed by atoms with Gasteiger partial charge in [0, 0.05) is 19.9 Å². The first-order chi connectivity index (χ1) is 8.61. The van der Waals surface area contributed by atoms with Crippen molar-refractivity contribution < 1.29 is 4.79 Å². The minimum Gasteiger partial charge on any atom is -0.299 e. The summed E-state index contributed by atoms with van der Waals surface area (Å²) in [6, 6.07) is 2.00. The molecule has 0 radical (unpaired) electrons. The number of halogens is 1. The van der Waals surface area contributed by atoms with Gasteiger partial charge in [0.05, 0.1) is 15.9 Å². The van der Waals surface area contributed by atoms with E-state index < -0.39 is 0 Å². The van der Waals surface area contributed by atoms with Crippen LogP contribution >= 0.6 is 27.3 Å². The summed E-state index contributed by atoms with van der Waals surface area (Å²) >= 11 is 5.16. The molecular formula is C13H15BrN2OS. The van der Waals surface area contributed by atoms with Crippen LogP contribution < -0.4 is 0 Å². The van der Waals surface area contributed by atoms with Crippen LogP contribution in [-0.2, 0) is 31.1 Å². The first-order valence-corrected chi connectivity index (χ1v) is 7.58. The molecule has 0 aromatic carbocycles. The van der Waals surface area contributed by atoms with E-state index in [1.807, 2.05) is 23.9 Å². The Kier molecular flexibility index (Phi) is 4.35. The van der Waals surface area contributed by atoms with E-state index in [-0.39, 0.29) is 5.78 Å². The summed E-state index contributed by atoms with van der Waals surface area (Å²) in [5.74, 6) is 0.222. The molecule has 0 aliphatic carbocycles. The maximum atomic E-state index is 12.0. The lowest BCUT2D eigenvalue weighted by Gasteiger charge is -2.02. The van der Waals surface area contributed by atoms with Crippen molar-refractivity contribution in [2.75, 3.05) is 0 Å². The summed E-state index contributed by atoms with van der Waals surface area (Å²) in [4.78, 5) is 12.0. The summed E-state index contributed by atoms with van der Waals surface area (Å²) in [7, 11) is 1.89. The Balaban J connectivity index is 2.09. The van der Waals surface area contributed by atoms with Gasteiger partial charge in [-0.15, -0.1) is 0 Å². The van der Waals surface area contributed by atoms with E-state index in [4.69, 9.17) is 0 Å². The van der Waals surface area contributed by atoms with Gasteiger partial charge in [0.25, 0.3) is 0 Å². The molecule has 0 saturated heterocycles. The Morgan fingerprint density at radius 2 is 2.28 bits per heavy atom. The average molecular weight is 327 g/mol. The molecule has 0 bridgehead atoms. The third-order valence-corrected chi connectivity index (χ3v) is 4.50. The van der Waals surface area contributed by atoms with Crippen molar-refractivity contribution in [2.24, 2.45) is 7.05 Å². The Hall–Kier alpha value is -0.940. The second-order valence-corrected chi connectivity index (χ2v) is 5.78. The maximum absolute atomic E-state index is 12.0. The molecular weight excluding hydrogens is 312 g/mol. The van der Waals surface area contributed by atoms with Crippen LogP contribution in [-0.4, -0.2) is 15.6 Å². The standard InChI is InChI=1S/C13H15BrN2OS/c1-3-11-13(14)12(16(2)15-11)7-10(17)6-9-4-5-18-8-9/h4-5,8H,3,6-7H2,1-2H3. The molecule has 2 heterocycles. The van der Waals surface area contributed by atoms with Crippen molar-refractivity contribution in [3.05, 3.63) is 38.3 Å². The molecule has 3 nitrogen and oxygen atoms in total. The average Bonchev–Trinajstić information content (AvgIpc) is 2.92. The van der Waals surface area contributed by atoms with Crippen LogP contribution in [0.2, 0.25) is 0 Å². The number of rotatable bonds is 5. The van der Waals surface area contributed by atoms with Gasteiger partial charge in [-0.3, -0.25) is 9.48 Å². The second kappa shape index (κ2) is 5.80. The number of hydrogen-bond donors (Lipinski definition) is 0. The van der Waals surface area contributed by atoms with Crippen molar-refractivity contribution >= 4 is 33.0 Å². The molecule has 96 valence electrons. The first kappa shape index (κ1) is 13.5. The first-order valence-electron chi connectivity index (χ1n) is 5.84. The lowest BCUT2D eigenvalue weighted by atomic mass is 10.1. The van der Waals surface area contributed by atoms with Crippen LogP contribution in [0.1, 0.15) is 23.9 Å². The van der Waals surface area contributed by atoms with Crippen molar-refractivity contribution in [2.45, 2.75) is 26.2 Å². The summed E-state index contributed by atoms with van der Waals surface area (Å²) < 4.78 is 2.78. The Morgan fingerprint density at radius 3 is 2.83 bits per heavy atom. The Labute approximate surface area is 119 Å². The number of ketones is 1. The third-order valence-electron chi connectivity index (χ3n) is 2.85. The zero-order chi connectivity index (χ0) is 13.1. The molecule has 0 N–H and O–H groups in total. The molecule has 18 heavy (non-hydrogen) atoms. The lowest BCUT2D eigenvalue weighted by Crippen LogP contribution is -2.10. The Morgan fingerprint density at radius 1 is 1.50 bits per heavy atom. The molecule has 0 saturated carbocycles. The number of carbonyl (C=O) groups excluding carboxylic acids is 1. The highest BCUT2D eigenvalue weighted by Gasteiger charge is 2.15. The van der Waals surface area contributed by atoms with Crippen molar-refractivity contribution in [1.29, 1.82) is 0 Å². The summed E-state index contributed by atoms with van der Waals surface area (Å²) in [5.41, 5.74) is 3.07. The molecule has 0 fully saturated rings. The van der Waals surface area contributed by atoms with E-state index in [0.29, 0.717) is 12.8 Å². The number of aryl methyl sites for hydroxylation is 2. The SMILES string of the molecule is CCc1nn(C)c(CC(=O)Cc2ccsc2)c1Br. The zero-order valence-electron chi connectivity index (χ0n) is 10.4. The normalized spacial score (nSPS) is 10.8. The van der Waals surface area contributed by atoms with Crippen molar-refractivity contribution in [3.8, 4) is 0 Å². The van der Waals surface area contributed by atoms with Crippen LogP contribution in [0.15, 0.2) is 21.3 Å². The minimum atomic E-state index is 0.222. The molecule has 2 rings (SSSR count). The van der Waals surface area contributed by atoms with Crippen molar-refractivity contribution in [1.82, 2.24) is 9.78 Å². The van der Waals surface area contributed by atoms with E-state index in [2.05, 4.69) is 28.0 Å². The summed E-state index contributed by atoms with van der Waals surface area (Å²) in [6.07, 6.45) is 1.80. The molecule has 0 unspecified atom stereocenters. The number of hydrogen-bond acceptors (Lipinski definition) is 3. The van der Waals surface area contributed by atoms with Gasteiger partial charge in [-0.25, -0.2) is 0 Å². The van der Waals surface area contributed by atoms with Gasteiger partial charge >= 0.3 is 0 Å². The number of nitrogens with zero attached hydrogens (tertiary/aromatic N) is 2. The molecule has 0 atom stereocenters. The third kappa shape index (κ3) is 2.90. The van der Waals surface area contributed by atoms with Crippen LogP contribution in [0, 0.1) is 0 Å². The van der Waals surface area contributed by atoms with Crippen LogP contribution in [0.4, 0.5) is 0 Å². The second-order valence-electron chi connectivity index (χ2n) is 4.21. The zero-order valence-corrected chi connectivity index (χ0v) is 12.8. The topological polar surface area (TPSA) is 34.9 Å². The van der Waals surface area contributed by atoms with Gasteiger partial charge < -0.3 is 0 Å². The fourth-order valence-electron chi connectivity index (χ4n) is 1.88. The Bertz CT molecular complexity index is 546. The number of thiophene rings is 1. The largest absolute Gasteiger partial charge is 0.299 e. The van der Waals surface area contributed by atoms with Gasteiger partial charge in [-0.05, 0) is 44.7 Å². The van der Waals surface area contributed by atoms with E-state index in [9.17, 15) is 4.79 Å². The van der Waals surface area contributed by atoms with Gasteiger partial charge in [-0.1, -0.05) is 6.92 Å². The molecule has 2 aromatic heterocycles. The van der Waals surface area contributed by atoms with Crippen LogP contribution in [0.5, 0.6) is 0 Å². The van der Waals surface area contributed by atoms with E-state index in [1.165, 1.54) is 0 Å². The van der Waals surface area contributed by atoms with Crippen LogP contribution in [0.25, 0.3) is 0 Å². The highest BCUT2D eigenvalue weighted by atomic mass is 79.9. The van der Waals surface area contributed by atoms with E-state index in [1.54, 1.807) is 16.0 Å². The predicted octanol–water partition coefficient (Wildman–Crippen LogP) is 3.16. The van der Waals surface area contributed by atoms with Gasteiger partial charge in [-0.2, -0.15) is 16.4 Å². The quantitative estimate of drug-likeness (QED) is 0.845. The number of Topliss-reactive ketones (excluding diaryl/α,β-unsaturated/α-hetero) is 1. The van der Waals surface area contributed by atoms with Crippen molar-refractivity contribution in [3.63, 3.8) is 0 Å². The fourth-order valence-corrected chi connectivity index (χ4v) is 3.31. The molecule has 0 amide bonds. The number of aromatic nitrogens is 2. The fraction of sp³-hybridized carbons (Fsp3) is 0.385. The molecule has 5 heteroatoms. The number of carbonyl (C=O) groups is 1. The van der Waals surface area contributed by atoms with E-state index >= 15 is 0 Å². The molecule has 0 aliphatic heterocycles. The van der Waals surface area contributed by atoms with Gasteiger partial charge in [0.1, 0.15) is 5.78 Å². The molecule has 0 spiro atoms. The highest BCUT2D eigenvalue weighted by Crippen LogP contribution is 2.22. The molecule has 0 aliphatic rings. The van der Waals surface area contributed by atoms with Gasteiger partial charge in [0.2, 0.25) is 0 Å². The highest BCUT2D eigenvalue weighted by molar-refractivity contribution is 9.10. The minimum absolute atomic E-state index is 0.222. The smallest absolute Gasteiger partial charge is 0.143 e. The molecule has 2 aromatic rings. The summed E-state index contributed by atoms with van der Waals surface area (Å²) in [6.45, 7) is 2.06. The van der Waals surface area contributed by atoms with Crippen LogP contribution in [0.3, 0.4) is 0 Å². The maximum Gasteiger partial charge on any atom is 0.143 e. The summed E-state index contributed by atoms with van der Waals surface area (Å²) in [5, 5.41) is 8.42.